The second-order valence-electron chi connectivity index (χ2n) is 4.34. The van der Waals surface area contributed by atoms with Gasteiger partial charge in [-0.15, -0.1) is 0 Å². The molecular weight excluding hydrogens is 274 g/mol. The van der Waals surface area contributed by atoms with Crippen LogP contribution in [0.3, 0.4) is 0 Å². The van der Waals surface area contributed by atoms with Crippen LogP contribution >= 0.6 is 0 Å². The zero-order valence-electron chi connectivity index (χ0n) is 11.2. The van der Waals surface area contributed by atoms with Gasteiger partial charge in [0.2, 0.25) is 0 Å². The largest absolute Gasteiger partial charge is 0.478 e. The second-order valence-corrected chi connectivity index (χ2v) is 4.34. The number of nitrogens with zero attached hydrogens (tertiary/aromatic N) is 1. The maximum atomic E-state index is 11.5. The van der Waals surface area contributed by atoms with Crippen LogP contribution in [0.2, 0.25) is 0 Å². The highest BCUT2D eigenvalue weighted by Gasteiger charge is 2.05. The van der Waals surface area contributed by atoms with Gasteiger partial charge in [0.1, 0.15) is 0 Å². The van der Waals surface area contributed by atoms with Crippen molar-refractivity contribution in [3.8, 4) is 0 Å². The van der Waals surface area contributed by atoms with Crippen molar-refractivity contribution in [2.75, 3.05) is 6.54 Å². The predicted molar refractivity (Wildman–Crippen MR) is 73.8 cm³/mol. The number of aromatic nitrogens is 1. The maximum absolute atomic E-state index is 11.5. The molecule has 0 bridgehead atoms. The average molecular weight is 289 g/mol. The number of aromatic carboxylic acids is 1. The van der Waals surface area contributed by atoms with E-state index in [1.807, 2.05) is 6.07 Å². The van der Waals surface area contributed by atoms with Gasteiger partial charge in [-0.3, -0.25) is 0 Å². The van der Waals surface area contributed by atoms with Crippen LogP contribution in [-0.4, -0.2) is 28.8 Å². The van der Waals surface area contributed by atoms with Crippen LogP contribution in [0.15, 0.2) is 41.1 Å². The number of urea groups is 1. The molecule has 7 nitrogen and oxygen atoms in total. The van der Waals surface area contributed by atoms with E-state index in [4.69, 9.17) is 9.63 Å². The topological polar surface area (TPSA) is 104 Å². The first-order chi connectivity index (χ1) is 10.1. The van der Waals surface area contributed by atoms with Crippen molar-refractivity contribution in [3.63, 3.8) is 0 Å². The van der Waals surface area contributed by atoms with E-state index in [0.717, 1.165) is 5.56 Å². The van der Waals surface area contributed by atoms with E-state index in [2.05, 4.69) is 15.8 Å². The Morgan fingerprint density at radius 3 is 2.81 bits per heavy atom. The zero-order chi connectivity index (χ0) is 15.1. The summed E-state index contributed by atoms with van der Waals surface area (Å²) in [6, 6.07) is 7.97. The highest BCUT2D eigenvalue weighted by molar-refractivity contribution is 5.87. The van der Waals surface area contributed by atoms with E-state index < -0.39 is 5.97 Å². The van der Waals surface area contributed by atoms with Crippen LogP contribution in [-0.2, 0) is 13.0 Å². The fourth-order valence-corrected chi connectivity index (χ4v) is 1.74. The van der Waals surface area contributed by atoms with Gasteiger partial charge < -0.3 is 20.3 Å². The number of carbonyl (C=O) groups is 2. The number of carboxylic acid groups (broad SMARTS) is 1. The number of hydrogen-bond acceptors (Lipinski definition) is 4. The van der Waals surface area contributed by atoms with Crippen molar-refractivity contribution >= 4 is 12.0 Å². The van der Waals surface area contributed by atoms with E-state index in [-0.39, 0.29) is 18.1 Å². The summed E-state index contributed by atoms with van der Waals surface area (Å²) in [6.45, 7) is 0.672. The lowest BCUT2D eigenvalue weighted by molar-refractivity contribution is 0.0696. The van der Waals surface area contributed by atoms with E-state index in [0.29, 0.717) is 18.7 Å². The fraction of sp³-hybridized carbons (Fsp3) is 0.214. The van der Waals surface area contributed by atoms with Gasteiger partial charge >= 0.3 is 12.0 Å². The van der Waals surface area contributed by atoms with Gasteiger partial charge in [-0.2, -0.15) is 0 Å². The zero-order valence-corrected chi connectivity index (χ0v) is 11.2. The first kappa shape index (κ1) is 14.6. The number of carbonyl (C=O) groups excluding carboxylic acids is 1. The molecule has 1 aromatic heterocycles. The Labute approximate surface area is 120 Å². The molecule has 0 saturated heterocycles. The quantitative estimate of drug-likeness (QED) is 0.746. The highest BCUT2D eigenvalue weighted by atomic mass is 16.5. The summed E-state index contributed by atoms with van der Waals surface area (Å²) in [7, 11) is 0. The Bertz CT molecular complexity index is 610. The van der Waals surface area contributed by atoms with Crippen LogP contribution in [0, 0.1) is 0 Å². The first-order valence-electron chi connectivity index (χ1n) is 6.38. The number of carboxylic acids is 1. The Morgan fingerprint density at radius 1 is 1.24 bits per heavy atom. The Balaban J connectivity index is 1.72. The average Bonchev–Trinajstić information content (AvgIpc) is 2.99. The molecule has 1 aromatic carbocycles. The van der Waals surface area contributed by atoms with Gasteiger partial charge in [0.05, 0.1) is 18.3 Å². The molecule has 3 N–H and O–H groups in total. The number of benzene rings is 1. The van der Waals surface area contributed by atoms with Crippen molar-refractivity contribution in [2.45, 2.75) is 13.0 Å². The lowest BCUT2D eigenvalue weighted by Crippen LogP contribution is -2.36. The molecule has 0 spiro atoms. The van der Waals surface area contributed by atoms with E-state index in [1.54, 1.807) is 18.2 Å². The number of nitrogens with one attached hydrogen (secondary N) is 2. The lowest BCUT2D eigenvalue weighted by atomic mass is 10.1. The first-order valence-corrected chi connectivity index (χ1v) is 6.38. The van der Waals surface area contributed by atoms with Crippen LogP contribution in [0.1, 0.15) is 21.7 Å². The molecule has 0 aliphatic carbocycles. The molecule has 0 fully saturated rings. The fourth-order valence-electron chi connectivity index (χ4n) is 1.74. The third-order valence-electron chi connectivity index (χ3n) is 2.79. The third kappa shape index (κ3) is 4.64. The molecule has 0 aliphatic rings. The predicted octanol–water partition coefficient (Wildman–Crippen LogP) is 1.41. The minimum absolute atomic E-state index is 0.238. The Kier molecular flexibility index (Phi) is 4.92. The summed E-state index contributed by atoms with van der Waals surface area (Å²) in [5.74, 6) is -0.395. The smallest absolute Gasteiger partial charge is 0.335 e. The molecule has 1 heterocycles. The summed E-state index contributed by atoms with van der Waals surface area (Å²) in [5, 5.41) is 17.7. The summed E-state index contributed by atoms with van der Waals surface area (Å²) in [6.07, 6.45) is 2.06. The summed E-state index contributed by atoms with van der Waals surface area (Å²) < 4.78 is 4.85. The number of rotatable bonds is 6. The van der Waals surface area contributed by atoms with Gasteiger partial charge in [0, 0.05) is 12.6 Å². The molecule has 7 heteroatoms. The molecule has 0 unspecified atom stereocenters. The molecule has 0 saturated carbocycles. The van der Waals surface area contributed by atoms with Crippen molar-refractivity contribution < 1.29 is 19.2 Å². The Morgan fingerprint density at radius 2 is 2.10 bits per heavy atom. The molecule has 0 atom stereocenters. The second kappa shape index (κ2) is 7.09. The Hall–Kier alpha value is -2.83. The molecule has 2 rings (SSSR count). The monoisotopic (exact) mass is 289 g/mol. The minimum atomic E-state index is -0.963. The van der Waals surface area contributed by atoms with Gasteiger partial charge in [-0.25, -0.2) is 9.59 Å². The van der Waals surface area contributed by atoms with Gasteiger partial charge in [0.15, 0.2) is 5.76 Å². The minimum Gasteiger partial charge on any atom is -0.478 e. The van der Waals surface area contributed by atoms with Crippen molar-refractivity contribution in [1.82, 2.24) is 15.8 Å². The van der Waals surface area contributed by atoms with E-state index >= 15 is 0 Å². The highest BCUT2D eigenvalue weighted by Crippen LogP contribution is 2.05. The number of hydrogen-bond donors (Lipinski definition) is 3. The van der Waals surface area contributed by atoms with Crippen LogP contribution in [0.4, 0.5) is 4.79 Å². The molecule has 2 aromatic rings. The molecule has 21 heavy (non-hydrogen) atoms. The van der Waals surface area contributed by atoms with Crippen molar-refractivity contribution in [2.24, 2.45) is 0 Å². The van der Waals surface area contributed by atoms with Crippen molar-refractivity contribution in [1.29, 1.82) is 0 Å². The van der Waals surface area contributed by atoms with Crippen molar-refractivity contribution in [3.05, 3.63) is 53.4 Å². The third-order valence-corrected chi connectivity index (χ3v) is 2.79. The summed E-state index contributed by atoms with van der Waals surface area (Å²) in [4.78, 5) is 22.4. The molecule has 2 amide bonds. The van der Waals surface area contributed by atoms with Gasteiger partial charge in [0.25, 0.3) is 0 Å². The normalized spacial score (nSPS) is 10.1. The number of amides is 2. The molecule has 110 valence electrons. The summed E-state index contributed by atoms with van der Waals surface area (Å²) in [5.41, 5.74) is 1.09. The van der Waals surface area contributed by atoms with E-state index in [9.17, 15) is 9.59 Å². The summed E-state index contributed by atoms with van der Waals surface area (Å²) >= 11 is 0. The van der Waals surface area contributed by atoms with E-state index in [1.165, 1.54) is 12.3 Å². The van der Waals surface area contributed by atoms with Crippen LogP contribution in [0.5, 0.6) is 0 Å². The molecular formula is C14H15N3O4. The van der Waals surface area contributed by atoms with Crippen LogP contribution in [0.25, 0.3) is 0 Å². The lowest BCUT2D eigenvalue weighted by Gasteiger charge is -2.06. The maximum Gasteiger partial charge on any atom is 0.335 e. The molecule has 0 aliphatic heterocycles. The van der Waals surface area contributed by atoms with Gasteiger partial charge in [-0.1, -0.05) is 17.3 Å². The van der Waals surface area contributed by atoms with Crippen LogP contribution < -0.4 is 10.6 Å². The standard InChI is InChI=1S/C14H15N3O4/c18-13(19)11-3-1-2-10(8-11)4-6-15-14(20)16-9-12-5-7-17-21-12/h1-3,5,7-8H,4,6,9H2,(H,18,19)(H2,15,16,20). The molecule has 0 radical (unpaired) electrons. The van der Waals surface area contributed by atoms with Gasteiger partial charge in [-0.05, 0) is 24.1 Å². The SMILES string of the molecule is O=C(NCCc1cccc(C(=O)O)c1)NCc1ccno1.